The second-order valence-corrected chi connectivity index (χ2v) is 3.40. The summed E-state index contributed by atoms with van der Waals surface area (Å²) in [5.74, 6) is 0.298. The fourth-order valence-electron chi connectivity index (χ4n) is 1.15. The number of carbonyl (C=O) groups is 1. The average Bonchev–Trinajstić information content (AvgIpc) is 2.10. The topological polar surface area (TPSA) is 46.5 Å². The molecule has 3 nitrogen and oxygen atoms in total. The lowest BCUT2D eigenvalue weighted by Gasteiger charge is -2.07. The molecule has 0 saturated heterocycles. The van der Waals surface area contributed by atoms with E-state index in [1.165, 1.54) is 26.2 Å². The first kappa shape index (κ1) is 10.9. The number of ether oxygens (including phenoxy) is 1. The van der Waals surface area contributed by atoms with Gasteiger partial charge in [-0.2, -0.15) is 0 Å². The van der Waals surface area contributed by atoms with E-state index in [0.29, 0.717) is 16.3 Å². The van der Waals surface area contributed by atoms with Crippen molar-refractivity contribution in [3.63, 3.8) is 0 Å². The van der Waals surface area contributed by atoms with E-state index in [2.05, 4.69) is 0 Å². The molecule has 0 spiro atoms. The lowest BCUT2D eigenvalue weighted by Crippen LogP contribution is -1.97. The molecule has 4 heteroatoms. The van der Waals surface area contributed by atoms with Crippen molar-refractivity contribution in [2.75, 3.05) is 7.11 Å². The van der Waals surface area contributed by atoms with Gasteiger partial charge in [0.05, 0.1) is 7.11 Å². The Labute approximate surface area is 87.3 Å². The van der Waals surface area contributed by atoms with Crippen LogP contribution in [0.15, 0.2) is 12.1 Å². The van der Waals surface area contributed by atoms with Gasteiger partial charge in [0.15, 0.2) is 11.5 Å². The first-order valence-electron chi connectivity index (χ1n) is 4.09. The maximum atomic E-state index is 10.9. The van der Waals surface area contributed by atoms with Crippen LogP contribution < -0.4 is 4.74 Å². The number of hydrogen-bond acceptors (Lipinski definition) is 3. The van der Waals surface area contributed by atoms with Crippen LogP contribution in [-0.4, -0.2) is 18.0 Å². The predicted octanol–water partition coefficient (Wildman–Crippen LogP) is 2.19. The summed E-state index contributed by atoms with van der Waals surface area (Å²) in [6.45, 7) is 1.47. The minimum absolute atomic E-state index is 0.00327. The molecule has 0 fully saturated rings. The molecule has 1 rings (SSSR count). The smallest absolute Gasteiger partial charge is 0.161 e. The molecule has 0 radical (unpaired) electrons. The Kier molecular flexibility index (Phi) is 3.36. The van der Waals surface area contributed by atoms with Gasteiger partial charge in [-0.25, -0.2) is 0 Å². The van der Waals surface area contributed by atoms with Gasteiger partial charge in [-0.05, 0) is 18.6 Å². The van der Waals surface area contributed by atoms with Gasteiger partial charge in [-0.1, -0.05) is 11.6 Å². The molecule has 0 aliphatic rings. The molecule has 0 aliphatic carbocycles. The van der Waals surface area contributed by atoms with Gasteiger partial charge in [0.25, 0.3) is 0 Å². The summed E-state index contributed by atoms with van der Waals surface area (Å²) < 4.78 is 4.87. The minimum atomic E-state index is -0.00634. The summed E-state index contributed by atoms with van der Waals surface area (Å²) in [6, 6.07) is 2.94. The highest BCUT2D eigenvalue weighted by molar-refractivity contribution is 6.31. The van der Waals surface area contributed by atoms with Gasteiger partial charge < -0.3 is 9.84 Å². The number of methoxy groups -OCH3 is 1. The summed E-state index contributed by atoms with van der Waals surface area (Å²) in [7, 11) is 1.44. The minimum Gasteiger partial charge on any atom is -0.504 e. The van der Waals surface area contributed by atoms with E-state index in [-0.39, 0.29) is 18.0 Å². The fourth-order valence-corrected chi connectivity index (χ4v) is 1.37. The molecule has 76 valence electrons. The molecule has 1 aromatic rings. The van der Waals surface area contributed by atoms with Crippen LogP contribution in [0.4, 0.5) is 0 Å². The first-order valence-corrected chi connectivity index (χ1v) is 4.47. The largest absolute Gasteiger partial charge is 0.504 e. The summed E-state index contributed by atoms with van der Waals surface area (Å²) in [4.78, 5) is 10.9. The standard InChI is InChI=1S/C10H11ClO3/c1-6(12)3-7-4-9(13)10(14-2)5-8(7)11/h4-5,13H,3H2,1-2H3. The van der Waals surface area contributed by atoms with Crippen LogP contribution in [-0.2, 0) is 11.2 Å². The van der Waals surface area contributed by atoms with Crippen LogP contribution in [0, 0.1) is 0 Å². The molecule has 0 aliphatic heterocycles. The molecule has 0 bridgehead atoms. The summed E-state index contributed by atoms with van der Waals surface area (Å²) in [5.41, 5.74) is 0.609. The molecule has 0 atom stereocenters. The molecular weight excluding hydrogens is 204 g/mol. The summed E-state index contributed by atoms with van der Waals surface area (Å²) in [5, 5.41) is 9.86. The van der Waals surface area contributed by atoms with E-state index in [4.69, 9.17) is 16.3 Å². The van der Waals surface area contributed by atoms with Gasteiger partial charge in [-0.3, -0.25) is 4.79 Å². The molecule has 1 aromatic carbocycles. The van der Waals surface area contributed by atoms with Gasteiger partial charge in [0, 0.05) is 17.5 Å². The fraction of sp³-hybridized carbons (Fsp3) is 0.300. The third-order valence-electron chi connectivity index (χ3n) is 1.79. The Balaban J connectivity index is 3.08. The van der Waals surface area contributed by atoms with E-state index in [1.807, 2.05) is 0 Å². The molecule has 14 heavy (non-hydrogen) atoms. The number of rotatable bonds is 3. The molecule has 0 amide bonds. The summed E-state index contributed by atoms with van der Waals surface area (Å²) >= 11 is 5.88. The molecule has 0 aromatic heterocycles. The zero-order valence-electron chi connectivity index (χ0n) is 8.00. The number of carbonyl (C=O) groups excluding carboxylic acids is 1. The Morgan fingerprint density at radius 3 is 2.71 bits per heavy atom. The number of ketones is 1. The first-order chi connectivity index (χ1) is 6.54. The van der Waals surface area contributed by atoms with E-state index in [0.717, 1.165) is 0 Å². The number of phenolic OH excluding ortho intramolecular Hbond substituents is 1. The monoisotopic (exact) mass is 214 g/mol. The number of phenols is 1. The van der Waals surface area contributed by atoms with Crippen molar-refractivity contribution in [1.29, 1.82) is 0 Å². The number of Topliss-reactive ketones (excluding diaryl/α,β-unsaturated/α-hetero) is 1. The van der Waals surface area contributed by atoms with E-state index in [9.17, 15) is 9.90 Å². The van der Waals surface area contributed by atoms with Crippen LogP contribution in [0.1, 0.15) is 12.5 Å². The van der Waals surface area contributed by atoms with Crippen molar-refractivity contribution in [3.8, 4) is 11.5 Å². The number of aromatic hydroxyl groups is 1. The molecule has 0 heterocycles. The second-order valence-electron chi connectivity index (χ2n) is 2.99. The van der Waals surface area contributed by atoms with Crippen molar-refractivity contribution in [1.82, 2.24) is 0 Å². The Hall–Kier alpha value is -1.22. The molecule has 1 N–H and O–H groups in total. The van der Waals surface area contributed by atoms with Gasteiger partial charge >= 0.3 is 0 Å². The van der Waals surface area contributed by atoms with Crippen LogP contribution in [0.3, 0.4) is 0 Å². The predicted molar refractivity (Wildman–Crippen MR) is 54.1 cm³/mol. The van der Waals surface area contributed by atoms with Crippen LogP contribution >= 0.6 is 11.6 Å². The highest BCUT2D eigenvalue weighted by Gasteiger charge is 2.09. The van der Waals surface area contributed by atoms with Gasteiger partial charge in [-0.15, -0.1) is 0 Å². The van der Waals surface area contributed by atoms with E-state index >= 15 is 0 Å². The number of halogens is 1. The van der Waals surface area contributed by atoms with Crippen molar-refractivity contribution >= 4 is 17.4 Å². The maximum Gasteiger partial charge on any atom is 0.161 e. The number of benzene rings is 1. The zero-order valence-corrected chi connectivity index (χ0v) is 8.76. The highest BCUT2D eigenvalue weighted by Crippen LogP contribution is 2.32. The average molecular weight is 215 g/mol. The second kappa shape index (κ2) is 4.33. The molecule has 0 saturated carbocycles. The van der Waals surface area contributed by atoms with Gasteiger partial charge in [0.2, 0.25) is 0 Å². The van der Waals surface area contributed by atoms with E-state index in [1.54, 1.807) is 0 Å². The third kappa shape index (κ3) is 2.39. The SMILES string of the molecule is COc1cc(Cl)c(CC(C)=O)cc1O. The van der Waals surface area contributed by atoms with E-state index < -0.39 is 0 Å². The van der Waals surface area contributed by atoms with Crippen LogP contribution in [0.2, 0.25) is 5.02 Å². The highest BCUT2D eigenvalue weighted by atomic mass is 35.5. The van der Waals surface area contributed by atoms with Crippen molar-refractivity contribution in [2.24, 2.45) is 0 Å². The van der Waals surface area contributed by atoms with Gasteiger partial charge in [0.1, 0.15) is 5.78 Å². The normalized spacial score (nSPS) is 9.93. The lowest BCUT2D eigenvalue weighted by molar-refractivity contribution is -0.116. The third-order valence-corrected chi connectivity index (χ3v) is 2.14. The quantitative estimate of drug-likeness (QED) is 0.839. The Bertz CT molecular complexity index is 361. The lowest BCUT2D eigenvalue weighted by atomic mass is 10.1. The van der Waals surface area contributed by atoms with Crippen LogP contribution in [0.5, 0.6) is 11.5 Å². The molecular formula is C10H11ClO3. The van der Waals surface area contributed by atoms with Crippen molar-refractivity contribution < 1.29 is 14.6 Å². The van der Waals surface area contributed by atoms with Crippen LogP contribution in [0.25, 0.3) is 0 Å². The Morgan fingerprint density at radius 2 is 2.21 bits per heavy atom. The number of hydrogen-bond donors (Lipinski definition) is 1. The molecule has 0 unspecified atom stereocenters. The van der Waals surface area contributed by atoms with Crippen molar-refractivity contribution in [2.45, 2.75) is 13.3 Å². The summed E-state index contributed by atoms with van der Waals surface area (Å²) in [6.07, 6.45) is 0.219. The van der Waals surface area contributed by atoms with Crippen molar-refractivity contribution in [3.05, 3.63) is 22.7 Å². The zero-order chi connectivity index (χ0) is 10.7. The maximum absolute atomic E-state index is 10.9. The Morgan fingerprint density at radius 1 is 1.57 bits per heavy atom.